The van der Waals surface area contributed by atoms with Gasteiger partial charge in [-0.05, 0) is 11.3 Å². The number of hydrogen-bond donors (Lipinski definition) is 0. The molecule has 0 amide bonds. The smallest absolute Gasteiger partial charge is 0.409 e. The molecule has 1 saturated carbocycles. The average molecular weight is 222 g/mol. The Bertz CT molecular complexity index is 292. The van der Waals surface area contributed by atoms with E-state index in [1.807, 2.05) is 0 Å². The van der Waals surface area contributed by atoms with Gasteiger partial charge in [-0.15, -0.1) is 0 Å². The van der Waals surface area contributed by atoms with Crippen molar-refractivity contribution in [2.45, 2.75) is 20.0 Å². The minimum Gasteiger partial charge on any atom is -0.469 e. The fraction of sp³-hybridized carbons (Fsp3) is 0.700. The Balaban J connectivity index is 2.67. The van der Waals surface area contributed by atoms with Crippen LogP contribution in [-0.4, -0.2) is 19.3 Å². The van der Waals surface area contributed by atoms with Crippen LogP contribution in [0.4, 0.5) is 13.2 Å². The summed E-state index contributed by atoms with van der Waals surface area (Å²) in [4.78, 5) is 11.2. The van der Waals surface area contributed by atoms with Crippen molar-refractivity contribution >= 4 is 5.97 Å². The van der Waals surface area contributed by atoms with Gasteiger partial charge in [0, 0.05) is 6.08 Å². The van der Waals surface area contributed by atoms with E-state index in [0.717, 1.165) is 6.08 Å². The lowest BCUT2D eigenvalue weighted by Gasteiger charge is -1.99. The number of methoxy groups -OCH3 is 1. The predicted octanol–water partition coefficient (Wildman–Crippen LogP) is 2.55. The Morgan fingerprint density at radius 2 is 1.93 bits per heavy atom. The van der Waals surface area contributed by atoms with Crippen LogP contribution < -0.4 is 0 Å². The quantitative estimate of drug-likeness (QED) is 0.530. The van der Waals surface area contributed by atoms with Gasteiger partial charge < -0.3 is 4.74 Å². The van der Waals surface area contributed by atoms with Gasteiger partial charge in [0.05, 0.1) is 13.0 Å². The van der Waals surface area contributed by atoms with E-state index in [1.54, 1.807) is 13.8 Å². The van der Waals surface area contributed by atoms with E-state index < -0.39 is 23.5 Å². The van der Waals surface area contributed by atoms with Crippen molar-refractivity contribution in [3.63, 3.8) is 0 Å². The standard InChI is InChI=1S/C10H13F3O2/c1-9(2)6(4-5-10(11,12)13)7(9)8(14)15-3/h4-7H,1-3H3/b5-4+/t6-,7+/m1/s1. The first-order chi connectivity index (χ1) is 6.70. The summed E-state index contributed by atoms with van der Waals surface area (Å²) in [5.41, 5.74) is -0.436. The molecule has 0 N–H and O–H groups in total. The number of ether oxygens (including phenoxy) is 1. The SMILES string of the molecule is COC(=O)[C@@H]1[C@@H](/C=C/C(F)(F)F)C1(C)C. The third-order valence-electron chi connectivity index (χ3n) is 2.86. The van der Waals surface area contributed by atoms with Crippen molar-refractivity contribution in [1.82, 2.24) is 0 Å². The van der Waals surface area contributed by atoms with Gasteiger partial charge in [-0.3, -0.25) is 4.79 Å². The number of hydrogen-bond acceptors (Lipinski definition) is 2. The second-order valence-corrected chi connectivity index (χ2v) is 4.25. The highest BCUT2D eigenvalue weighted by atomic mass is 19.4. The number of carbonyl (C=O) groups excluding carboxylic acids is 1. The van der Waals surface area contributed by atoms with Gasteiger partial charge in [-0.2, -0.15) is 13.2 Å². The summed E-state index contributed by atoms with van der Waals surface area (Å²) in [7, 11) is 1.24. The van der Waals surface area contributed by atoms with Crippen LogP contribution in [0.15, 0.2) is 12.2 Å². The molecule has 0 unspecified atom stereocenters. The van der Waals surface area contributed by atoms with E-state index in [0.29, 0.717) is 0 Å². The number of carbonyl (C=O) groups is 1. The Labute approximate surface area is 86.1 Å². The van der Waals surface area contributed by atoms with Gasteiger partial charge in [-0.1, -0.05) is 19.9 Å². The lowest BCUT2D eigenvalue weighted by Crippen LogP contribution is -2.07. The number of esters is 1. The maximum absolute atomic E-state index is 11.9. The average Bonchev–Trinajstić information content (AvgIpc) is 2.62. The van der Waals surface area contributed by atoms with Crippen LogP contribution in [0.25, 0.3) is 0 Å². The monoisotopic (exact) mass is 222 g/mol. The second kappa shape index (κ2) is 3.54. The Morgan fingerprint density at radius 3 is 2.33 bits per heavy atom. The highest BCUT2D eigenvalue weighted by molar-refractivity contribution is 5.78. The van der Waals surface area contributed by atoms with Crippen LogP contribution in [0.2, 0.25) is 0 Å². The van der Waals surface area contributed by atoms with Crippen LogP contribution in [0.3, 0.4) is 0 Å². The van der Waals surface area contributed by atoms with Crippen molar-refractivity contribution in [1.29, 1.82) is 0 Å². The van der Waals surface area contributed by atoms with E-state index in [9.17, 15) is 18.0 Å². The van der Waals surface area contributed by atoms with Gasteiger partial charge in [0.2, 0.25) is 0 Å². The molecule has 0 saturated heterocycles. The number of halogens is 3. The third-order valence-corrected chi connectivity index (χ3v) is 2.86. The fourth-order valence-corrected chi connectivity index (χ4v) is 1.83. The molecule has 0 aromatic heterocycles. The number of rotatable bonds is 2. The molecular formula is C10H13F3O2. The molecule has 15 heavy (non-hydrogen) atoms. The topological polar surface area (TPSA) is 26.3 Å². The van der Waals surface area contributed by atoms with E-state index in [-0.39, 0.29) is 12.0 Å². The molecular weight excluding hydrogens is 209 g/mol. The first-order valence-corrected chi connectivity index (χ1v) is 4.54. The molecule has 0 aromatic rings. The first kappa shape index (κ1) is 12.1. The molecule has 0 radical (unpaired) electrons. The molecule has 86 valence electrons. The van der Waals surface area contributed by atoms with Gasteiger partial charge in [0.1, 0.15) is 0 Å². The Kier molecular flexibility index (Phi) is 2.85. The highest BCUT2D eigenvalue weighted by Crippen LogP contribution is 2.59. The summed E-state index contributed by atoms with van der Waals surface area (Å²) in [6, 6.07) is 0. The zero-order chi connectivity index (χ0) is 11.9. The van der Waals surface area contributed by atoms with E-state index in [4.69, 9.17) is 0 Å². The molecule has 1 aliphatic carbocycles. The van der Waals surface area contributed by atoms with Crippen LogP contribution in [0.5, 0.6) is 0 Å². The van der Waals surface area contributed by atoms with Gasteiger partial charge in [0.15, 0.2) is 0 Å². The zero-order valence-corrected chi connectivity index (χ0v) is 8.76. The van der Waals surface area contributed by atoms with Crippen molar-refractivity contribution < 1.29 is 22.7 Å². The Hall–Kier alpha value is -1.00. The van der Waals surface area contributed by atoms with E-state index >= 15 is 0 Å². The molecule has 1 rings (SSSR count). The van der Waals surface area contributed by atoms with E-state index in [1.165, 1.54) is 7.11 Å². The molecule has 1 fully saturated rings. The van der Waals surface area contributed by atoms with Crippen LogP contribution in [0.1, 0.15) is 13.8 Å². The first-order valence-electron chi connectivity index (χ1n) is 4.54. The molecule has 1 aliphatic rings. The van der Waals surface area contributed by atoms with Crippen LogP contribution in [-0.2, 0) is 9.53 Å². The molecule has 0 aliphatic heterocycles. The Morgan fingerprint density at radius 1 is 1.40 bits per heavy atom. The predicted molar refractivity (Wildman–Crippen MR) is 48.0 cm³/mol. The molecule has 2 atom stereocenters. The summed E-state index contributed by atoms with van der Waals surface area (Å²) in [5.74, 6) is -1.29. The van der Waals surface area contributed by atoms with Crippen LogP contribution >= 0.6 is 0 Å². The summed E-state index contributed by atoms with van der Waals surface area (Å²) >= 11 is 0. The minimum atomic E-state index is -4.32. The minimum absolute atomic E-state index is 0.183. The van der Waals surface area contributed by atoms with Crippen molar-refractivity contribution in [2.75, 3.05) is 7.11 Å². The molecule has 0 spiro atoms. The zero-order valence-electron chi connectivity index (χ0n) is 8.76. The second-order valence-electron chi connectivity index (χ2n) is 4.25. The maximum atomic E-state index is 11.9. The summed E-state index contributed by atoms with van der Waals surface area (Å²) < 4.78 is 40.2. The lowest BCUT2D eigenvalue weighted by molar-refractivity contribution is -0.143. The highest BCUT2D eigenvalue weighted by Gasteiger charge is 2.61. The summed E-state index contributed by atoms with van der Waals surface area (Å²) in [6.07, 6.45) is -3.09. The fourth-order valence-electron chi connectivity index (χ4n) is 1.83. The number of alkyl halides is 3. The van der Waals surface area contributed by atoms with Crippen molar-refractivity contribution in [3.8, 4) is 0 Å². The third kappa shape index (κ3) is 2.52. The molecule has 0 aromatic carbocycles. The molecule has 0 bridgehead atoms. The van der Waals surface area contributed by atoms with Crippen LogP contribution in [0, 0.1) is 17.3 Å². The maximum Gasteiger partial charge on any atom is 0.409 e. The van der Waals surface area contributed by atoms with Gasteiger partial charge >= 0.3 is 12.1 Å². The molecule has 0 heterocycles. The van der Waals surface area contributed by atoms with Gasteiger partial charge in [0.25, 0.3) is 0 Å². The normalized spacial score (nSPS) is 29.2. The summed E-state index contributed by atoms with van der Waals surface area (Å²) in [5, 5.41) is 0. The number of allylic oxidation sites excluding steroid dienone is 2. The molecule has 5 heteroatoms. The molecule has 2 nitrogen and oxygen atoms in total. The van der Waals surface area contributed by atoms with Gasteiger partial charge in [-0.25, -0.2) is 0 Å². The lowest BCUT2D eigenvalue weighted by atomic mass is 10.1. The van der Waals surface area contributed by atoms with E-state index in [2.05, 4.69) is 4.74 Å². The van der Waals surface area contributed by atoms with Crippen molar-refractivity contribution in [3.05, 3.63) is 12.2 Å². The largest absolute Gasteiger partial charge is 0.469 e. The summed E-state index contributed by atoms with van der Waals surface area (Å²) in [6.45, 7) is 3.50. The van der Waals surface area contributed by atoms with Crippen molar-refractivity contribution in [2.24, 2.45) is 17.3 Å².